The number of nitrogens with zero attached hydrogens (tertiary/aromatic N) is 1. The SMILES string of the molecule is CS(=O)(=O)OCC1CCN(c2ccc(Cl)cc2)C1. The van der Waals surface area contributed by atoms with E-state index in [0.29, 0.717) is 0 Å². The van der Waals surface area contributed by atoms with E-state index in [-0.39, 0.29) is 12.5 Å². The summed E-state index contributed by atoms with van der Waals surface area (Å²) in [6.07, 6.45) is 2.02. The molecule has 0 aliphatic carbocycles. The highest BCUT2D eigenvalue weighted by Crippen LogP contribution is 2.25. The molecule has 100 valence electrons. The Morgan fingerprint density at radius 3 is 2.67 bits per heavy atom. The van der Waals surface area contributed by atoms with Gasteiger partial charge in [0.05, 0.1) is 12.9 Å². The minimum atomic E-state index is -3.34. The molecule has 1 atom stereocenters. The van der Waals surface area contributed by atoms with E-state index in [4.69, 9.17) is 15.8 Å². The van der Waals surface area contributed by atoms with Crippen molar-refractivity contribution in [3.8, 4) is 0 Å². The molecule has 0 aromatic heterocycles. The van der Waals surface area contributed by atoms with Gasteiger partial charge in [-0.1, -0.05) is 11.6 Å². The van der Waals surface area contributed by atoms with Crippen molar-refractivity contribution in [1.29, 1.82) is 0 Å². The highest BCUT2D eigenvalue weighted by molar-refractivity contribution is 7.85. The predicted octanol–water partition coefficient (Wildman–Crippen LogP) is 2.14. The number of anilines is 1. The highest BCUT2D eigenvalue weighted by Gasteiger charge is 2.24. The van der Waals surface area contributed by atoms with Crippen molar-refractivity contribution in [2.24, 2.45) is 5.92 Å². The fourth-order valence-corrected chi connectivity index (χ4v) is 2.64. The van der Waals surface area contributed by atoms with Crippen LogP contribution in [0, 0.1) is 5.92 Å². The minimum Gasteiger partial charge on any atom is -0.371 e. The van der Waals surface area contributed by atoms with Crippen LogP contribution in [0.1, 0.15) is 6.42 Å². The van der Waals surface area contributed by atoms with Crippen molar-refractivity contribution in [3.63, 3.8) is 0 Å². The average molecular weight is 290 g/mol. The Bertz CT molecular complexity index is 501. The monoisotopic (exact) mass is 289 g/mol. The van der Waals surface area contributed by atoms with Crippen molar-refractivity contribution < 1.29 is 12.6 Å². The molecule has 18 heavy (non-hydrogen) atoms. The van der Waals surface area contributed by atoms with Gasteiger partial charge >= 0.3 is 0 Å². The average Bonchev–Trinajstić information content (AvgIpc) is 2.75. The Kier molecular flexibility index (Phi) is 4.14. The lowest BCUT2D eigenvalue weighted by Crippen LogP contribution is -2.21. The maximum absolute atomic E-state index is 10.9. The van der Waals surface area contributed by atoms with Gasteiger partial charge in [0.15, 0.2) is 0 Å². The maximum atomic E-state index is 10.9. The van der Waals surface area contributed by atoms with Crippen molar-refractivity contribution in [1.82, 2.24) is 0 Å². The molecule has 0 radical (unpaired) electrons. The molecule has 1 fully saturated rings. The number of hydrogen-bond donors (Lipinski definition) is 0. The summed E-state index contributed by atoms with van der Waals surface area (Å²) in [6, 6.07) is 7.67. The van der Waals surface area contributed by atoms with Crippen LogP contribution >= 0.6 is 11.6 Å². The Hall–Kier alpha value is -0.780. The third-order valence-corrected chi connectivity index (χ3v) is 3.81. The lowest BCUT2D eigenvalue weighted by Gasteiger charge is -2.18. The highest BCUT2D eigenvalue weighted by atomic mass is 35.5. The molecule has 1 heterocycles. The minimum absolute atomic E-state index is 0.260. The lowest BCUT2D eigenvalue weighted by molar-refractivity contribution is 0.268. The molecule has 1 saturated heterocycles. The number of hydrogen-bond acceptors (Lipinski definition) is 4. The standard InChI is InChI=1S/C12H16ClNO3S/c1-18(15,16)17-9-10-6-7-14(8-10)12-4-2-11(13)3-5-12/h2-5,10H,6-9H2,1H3. The number of halogens is 1. The molecule has 0 saturated carbocycles. The molecule has 1 aliphatic heterocycles. The Labute approximate surface area is 113 Å². The number of rotatable bonds is 4. The summed E-state index contributed by atoms with van der Waals surface area (Å²) in [7, 11) is -3.34. The second kappa shape index (κ2) is 5.47. The third-order valence-electron chi connectivity index (χ3n) is 3.00. The van der Waals surface area contributed by atoms with Gasteiger partial charge in [0, 0.05) is 29.7 Å². The quantitative estimate of drug-likeness (QED) is 0.797. The third kappa shape index (κ3) is 3.86. The summed E-state index contributed by atoms with van der Waals surface area (Å²) in [5, 5.41) is 0.718. The van der Waals surface area contributed by atoms with E-state index < -0.39 is 10.1 Å². The number of benzene rings is 1. The first-order valence-corrected chi connectivity index (χ1v) is 7.98. The van der Waals surface area contributed by atoms with Crippen molar-refractivity contribution in [2.75, 3.05) is 30.9 Å². The molecular formula is C12H16ClNO3S. The molecule has 1 unspecified atom stereocenters. The van der Waals surface area contributed by atoms with Gasteiger partial charge in [0.2, 0.25) is 0 Å². The molecule has 0 amide bonds. The Morgan fingerprint density at radius 1 is 1.39 bits per heavy atom. The van der Waals surface area contributed by atoms with E-state index in [1.807, 2.05) is 24.3 Å². The summed E-state index contributed by atoms with van der Waals surface area (Å²) in [4.78, 5) is 2.21. The van der Waals surface area contributed by atoms with E-state index in [1.54, 1.807) is 0 Å². The maximum Gasteiger partial charge on any atom is 0.264 e. The summed E-state index contributed by atoms with van der Waals surface area (Å²) >= 11 is 5.84. The Balaban J connectivity index is 1.90. The van der Waals surface area contributed by atoms with Crippen LogP contribution in [0.2, 0.25) is 5.02 Å². The van der Waals surface area contributed by atoms with E-state index in [2.05, 4.69) is 4.90 Å². The molecule has 4 nitrogen and oxygen atoms in total. The zero-order chi connectivity index (χ0) is 13.2. The molecule has 1 aromatic rings. The van der Waals surface area contributed by atoms with Crippen molar-refractivity contribution >= 4 is 27.4 Å². The van der Waals surface area contributed by atoms with Crippen LogP contribution in [0.5, 0.6) is 0 Å². The summed E-state index contributed by atoms with van der Waals surface area (Å²) in [6.45, 7) is 2.00. The molecule has 0 spiro atoms. The second-order valence-electron chi connectivity index (χ2n) is 4.57. The van der Waals surface area contributed by atoms with Crippen LogP contribution in [0.15, 0.2) is 24.3 Å². The van der Waals surface area contributed by atoms with Crippen LogP contribution in [0.4, 0.5) is 5.69 Å². The van der Waals surface area contributed by atoms with Gasteiger partial charge in [0.1, 0.15) is 0 Å². The fraction of sp³-hybridized carbons (Fsp3) is 0.500. The fourth-order valence-electron chi connectivity index (χ4n) is 2.07. The smallest absolute Gasteiger partial charge is 0.264 e. The molecule has 1 aliphatic rings. The van der Waals surface area contributed by atoms with Gasteiger partial charge in [-0.25, -0.2) is 0 Å². The van der Waals surface area contributed by atoms with Crippen molar-refractivity contribution in [2.45, 2.75) is 6.42 Å². The molecule has 0 N–H and O–H groups in total. The summed E-state index contributed by atoms with van der Waals surface area (Å²) in [5.41, 5.74) is 1.11. The molecule has 6 heteroatoms. The van der Waals surface area contributed by atoms with Gasteiger partial charge in [-0.3, -0.25) is 4.18 Å². The first kappa shape index (κ1) is 13.6. The Morgan fingerprint density at radius 2 is 2.06 bits per heavy atom. The molecular weight excluding hydrogens is 274 g/mol. The van der Waals surface area contributed by atoms with Gasteiger partial charge in [-0.2, -0.15) is 8.42 Å². The van der Waals surface area contributed by atoms with Crippen LogP contribution < -0.4 is 4.90 Å². The summed E-state index contributed by atoms with van der Waals surface area (Å²) < 4.78 is 26.7. The van der Waals surface area contributed by atoms with Crippen LogP contribution in [-0.4, -0.2) is 34.4 Å². The van der Waals surface area contributed by atoms with Gasteiger partial charge < -0.3 is 4.90 Å². The zero-order valence-electron chi connectivity index (χ0n) is 10.2. The van der Waals surface area contributed by atoms with Gasteiger partial charge in [-0.05, 0) is 30.7 Å². The van der Waals surface area contributed by atoms with Gasteiger partial charge in [-0.15, -0.1) is 0 Å². The van der Waals surface area contributed by atoms with E-state index >= 15 is 0 Å². The van der Waals surface area contributed by atoms with Crippen LogP contribution in [0.3, 0.4) is 0 Å². The first-order chi connectivity index (χ1) is 8.44. The van der Waals surface area contributed by atoms with Gasteiger partial charge in [0.25, 0.3) is 10.1 Å². The predicted molar refractivity (Wildman–Crippen MR) is 72.6 cm³/mol. The normalized spacial score (nSPS) is 20.3. The zero-order valence-corrected chi connectivity index (χ0v) is 11.7. The second-order valence-corrected chi connectivity index (χ2v) is 6.65. The molecule has 0 bridgehead atoms. The molecule has 1 aromatic carbocycles. The lowest BCUT2D eigenvalue weighted by atomic mass is 10.1. The van der Waals surface area contributed by atoms with E-state index in [9.17, 15) is 8.42 Å². The van der Waals surface area contributed by atoms with Crippen LogP contribution in [0.25, 0.3) is 0 Å². The topological polar surface area (TPSA) is 46.6 Å². The van der Waals surface area contributed by atoms with E-state index in [0.717, 1.165) is 36.5 Å². The first-order valence-electron chi connectivity index (χ1n) is 5.79. The van der Waals surface area contributed by atoms with Crippen molar-refractivity contribution in [3.05, 3.63) is 29.3 Å². The largest absolute Gasteiger partial charge is 0.371 e. The van der Waals surface area contributed by atoms with Crippen LogP contribution in [-0.2, 0) is 14.3 Å². The molecule has 2 rings (SSSR count). The van der Waals surface area contributed by atoms with E-state index in [1.165, 1.54) is 0 Å². The summed E-state index contributed by atoms with van der Waals surface area (Å²) in [5.74, 6) is 0.260.